The number of carboxylic acid groups (broad SMARTS) is 1. The quantitative estimate of drug-likeness (QED) is 0.853. The molecule has 0 radical (unpaired) electrons. The van der Waals surface area contributed by atoms with Gasteiger partial charge in [-0.05, 0) is 42.9 Å². The average molecular weight is 299 g/mol. The summed E-state index contributed by atoms with van der Waals surface area (Å²) in [6.45, 7) is 1.11. The molecule has 1 saturated carbocycles. The van der Waals surface area contributed by atoms with Crippen LogP contribution in [0.25, 0.3) is 0 Å². The van der Waals surface area contributed by atoms with Crippen molar-refractivity contribution in [3.63, 3.8) is 0 Å². The van der Waals surface area contributed by atoms with E-state index in [-0.39, 0.29) is 11.3 Å². The van der Waals surface area contributed by atoms with Gasteiger partial charge in [-0.2, -0.15) is 13.2 Å². The fourth-order valence-electron chi connectivity index (χ4n) is 3.62. The number of carbonyl (C=O) groups is 1. The topological polar surface area (TPSA) is 40.5 Å². The monoisotopic (exact) mass is 299 g/mol. The molecule has 0 aromatic heterocycles. The molecule has 1 amide bonds. The first-order valence-corrected chi connectivity index (χ1v) is 6.94. The van der Waals surface area contributed by atoms with Crippen LogP contribution in [-0.2, 0) is 6.18 Å². The van der Waals surface area contributed by atoms with Gasteiger partial charge in [-0.25, -0.2) is 4.79 Å². The van der Waals surface area contributed by atoms with Gasteiger partial charge >= 0.3 is 12.3 Å². The van der Waals surface area contributed by atoms with Crippen LogP contribution in [0, 0.1) is 5.41 Å². The lowest BCUT2D eigenvalue weighted by Gasteiger charge is -2.46. The Morgan fingerprint density at radius 1 is 1.24 bits per heavy atom. The van der Waals surface area contributed by atoms with E-state index in [2.05, 4.69) is 0 Å². The Hall–Kier alpha value is -1.72. The number of halogens is 3. The second-order valence-electron chi connectivity index (χ2n) is 6.20. The molecule has 1 saturated heterocycles. The summed E-state index contributed by atoms with van der Waals surface area (Å²) in [4.78, 5) is 12.2. The molecule has 2 fully saturated rings. The Morgan fingerprint density at radius 3 is 2.38 bits per heavy atom. The predicted octanol–water partition coefficient (Wildman–Crippen LogP) is 3.95. The summed E-state index contributed by atoms with van der Waals surface area (Å²) in [6.07, 6.45) is -2.46. The van der Waals surface area contributed by atoms with Crippen LogP contribution >= 0.6 is 0 Å². The van der Waals surface area contributed by atoms with E-state index in [9.17, 15) is 18.0 Å². The summed E-state index contributed by atoms with van der Waals surface area (Å²) in [5.41, 5.74) is 0.347. The molecule has 1 aliphatic carbocycles. The second-order valence-corrected chi connectivity index (χ2v) is 6.20. The Kier molecular flexibility index (Phi) is 3.15. The maximum atomic E-state index is 12.5. The lowest BCUT2D eigenvalue weighted by Crippen LogP contribution is -2.56. The minimum absolute atomic E-state index is 0.0474. The standard InChI is InChI=1S/C15H16F3NO2/c16-15(17,18)12-3-1-10(2-4-12)11-5-6-14(7-11)8-19(9-14)13(20)21/h1-4,11H,5-9H2,(H,20,21). The number of rotatable bonds is 1. The third-order valence-electron chi connectivity index (χ3n) is 4.74. The third-order valence-corrected chi connectivity index (χ3v) is 4.74. The van der Waals surface area contributed by atoms with Gasteiger partial charge in [-0.15, -0.1) is 0 Å². The van der Waals surface area contributed by atoms with Gasteiger partial charge in [0.25, 0.3) is 0 Å². The number of alkyl halides is 3. The van der Waals surface area contributed by atoms with Crippen LogP contribution in [0.15, 0.2) is 24.3 Å². The van der Waals surface area contributed by atoms with E-state index in [1.54, 1.807) is 12.1 Å². The van der Waals surface area contributed by atoms with Crippen LogP contribution in [0.2, 0.25) is 0 Å². The molecule has 3 nitrogen and oxygen atoms in total. The van der Waals surface area contributed by atoms with Crippen molar-refractivity contribution >= 4 is 6.09 Å². The Bertz CT molecular complexity index is 547. The molecule has 1 spiro atoms. The fraction of sp³-hybridized carbons (Fsp3) is 0.533. The van der Waals surface area contributed by atoms with Gasteiger partial charge in [0.05, 0.1) is 5.56 Å². The minimum atomic E-state index is -4.30. The zero-order chi connectivity index (χ0) is 15.3. The third kappa shape index (κ3) is 2.59. The van der Waals surface area contributed by atoms with Gasteiger partial charge in [-0.3, -0.25) is 0 Å². The minimum Gasteiger partial charge on any atom is -0.465 e. The van der Waals surface area contributed by atoms with Crippen LogP contribution in [0.3, 0.4) is 0 Å². The van der Waals surface area contributed by atoms with Gasteiger partial charge in [0, 0.05) is 18.5 Å². The average Bonchev–Trinajstić information content (AvgIpc) is 2.81. The molecule has 1 aromatic carbocycles. The van der Waals surface area contributed by atoms with E-state index >= 15 is 0 Å². The van der Waals surface area contributed by atoms with Crippen molar-refractivity contribution < 1.29 is 23.1 Å². The van der Waals surface area contributed by atoms with Crippen LogP contribution < -0.4 is 0 Å². The Morgan fingerprint density at radius 2 is 1.86 bits per heavy atom. The van der Waals surface area contributed by atoms with Crippen LogP contribution in [0.4, 0.5) is 18.0 Å². The first kappa shape index (κ1) is 14.2. The summed E-state index contributed by atoms with van der Waals surface area (Å²) in [6, 6.07) is 5.37. The van der Waals surface area contributed by atoms with Crippen molar-refractivity contribution in [2.45, 2.75) is 31.4 Å². The molecule has 1 atom stereocenters. The number of likely N-dealkylation sites (tertiary alicyclic amines) is 1. The van der Waals surface area contributed by atoms with E-state index < -0.39 is 17.8 Å². The Labute approximate surface area is 120 Å². The Balaban J connectivity index is 1.66. The molecular weight excluding hydrogens is 283 g/mol. The normalized spacial score (nSPS) is 24.1. The molecule has 0 bridgehead atoms. The summed E-state index contributed by atoms with van der Waals surface area (Å²) in [7, 11) is 0. The van der Waals surface area contributed by atoms with Crippen LogP contribution in [0.1, 0.15) is 36.3 Å². The van der Waals surface area contributed by atoms with E-state index in [4.69, 9.17) is 5.11 Å². The van der Waals surface area contributed by atoms with Crippen molar-refractivity contribution in [1.29, 1.82) is 0 Å². The van der Waals surface area contributed by atoms with Crippen molar-refractivity contribution in [3.8, 4) is 0 Å². The van der Waals surface area contributed by atoms with Gasteiger partial charge in [0.15, 0.2) is 0 Å². The van der Waals surface area contributed by atoms with Crippen LogP contribution in [-0.4, -0.2) is 29.2 Å². The zero-order valence-electron chi connectivity index (χ0n) is 11.4. The molecule has 1 aliphatic heterocycles. The molecule has 21 heavy (non-hydrogen) atoms. The van der Waals surface area contributed by atoms with Crippen molar-refractivity contribution in [1.82, 2.24) is 4.90 Å². The molecule has 2 aliphatic rings. The van der Waals surface area contributed by atoms with Crippen LogP contribution in [0.5, 0.6) is 0 Å². The van der Waals surface area contributed by atoms with Crippen molar-refractivity contribution in [2.75, 3.05) is 13.1 Å². The first-order chi connectivity index (χ1) is 9.79. The maximum Gasteiger partial charge on any atom is 0.416 e. The highest BCUT2D eigenvalue weighted by Gasteiger charge is 2.49. The largest absolute Gasteiger partial charge is 0.465 e. The highest BCUT2D eigenvalue weighted by Crippen LogP contribution is 2.51. The fourth-order valence-corrected chi connectivity index (χ4v) is 3.62. The van der Waals surface area contributed by atoms with Gasteiger partial charge < -0.3 is 10.0 Å². The van der Waals surface area contributed by atoms with E-state index in [1.807, 2.05) is 0 Å². The summed E-state index contributed by atoms with van der Waals surface area (Å²) in [5.74, 6) is 0.239. The van der Waals surface area contributed by atoms with Gasteiger partial charge in [0.1, 0.15) is 0 Å². The summed E-state index contributed by atoms with van der Waals surface area (Å²) >= 11 is 0. The van der Waals surface area contributed by atoms with Crippen molar-refractivity contribution in [3.05, 3.63) is 35.4 Å². The smallest absolute Gasteiger partial charge is 0.416 e. The summed E-state index contributed by atoms with van der Waals surface area (Å²) in [5, 5.41) is 8.89. The SMILES string of the molecule is O=C(O)N1CC2(CCC(c3ccc(C(F)(F)F)cc3)C2)C1. The van der Waals surface area contributed by atoms with E-state index in [0.717, 1.165) is 37.0 Å². The molecule has 114 valence electrons. The second kappa shape index (κ2) is 4.64. The molecule has 1 N–H and O–H groups in total. The number of hydrogen-bond donors (Lipinski definition) is 1. The highest BCUT2D eigenvalue weighted by atomic mass is 19.4. The molecule has 3 rings (SSSR count). The lowest BCUT2D eigenvalue weighted by atomic mass is 9.77. The number of nitrogens with zero attached hydrogens (tertiary/aromatic N) is 1. The number of hydrogen-bond acceptors (Lipinski definition) is 1. The highest BCUT2D eigenvalue weighted by molar-refractivity contribution is 5.66. The predicted molar refractivity (Wildman–Crippen MR) is 70.1 cm³/mol. The van der Waals surface area contributed by atoms with Gasteiger partial charge in [-0.1, -0.05) is 12.1 Å². The molecule has 1 aromatic rings. The zero-order valence-corrected chi connectivity index (χ0v) is 11.4. The first-order valence-electron chi connectivity index (χ1n) is 6.94. The van der Waals surface area contributed by atoms with E-state index in [1.165, 1.54) is 4.90 Å². The maximum absolute atomic E-state index is 12.5. The number of benzene rings is 1. The number of amides is 1. The van der Waals surface area contributed by atoms with Crippen molar-refractivity contribution in [2.24, 2.45) is 5.41 Å². The molecule has 1 heterocycles. The van der Waals surface area contributed by atoms with E-state index in [0.29, 0.717) is 13.1 Å². The molecular formula is C15H16F3NO2. The molecule has 6 heteroatoms. The molecule has 1 unspecified atom stereocenters. The summed E-state index contributed by atoms with van der Waals surface area (Å²) < 4.78 is 37.6. The van der Waals surface area contributed by atoms with Gasteiger partial charge in [0.2, 0.25) is 0 Å². The lowest BCUT2D eigenvalue weighted by molar-refractivity contribution is -0.137.